The van der Waals surface area contributed by atoms with Gasteiger partial charge in [-0.2, -0.15) is 4.31 Å². The maximum absolute atomic E-state index is 14.6. The van der Waals surface area contributed by atoms with E-state index >= 15 is 0 Å². The molecule has 4 aliphatic rings. The highest BCUT2D eigenvalue weighted by Gasteiger charge is 2.59. The molecule has 19 nitrogen and oxygen atoms in total. The second-order valence-corrected chi connectivity index (χ2v) is 24.4. The third kappa shape index (κ3) is 12.9. The number of sulfonamides is 1. The van der Waals surface area contributed by atoms with Gasteiger partial charge in [0.2, 0.25) is 33.3 Å². The number of carbonyl (C=O) groups is 3. The molecule has 4 N–H and O–H groups in total. The maximum Gasteiger partial charge on any atom is 0.300 e. The zero-order valence-electron chi connectivity index (χ0n) is 44.1. The quantitative estimate of drug-likeness (QED) is 0.0240. The van der Waals surface area contributed by atoms with Crippen molar-refractivity contribution in [3.05, 3.63) is 68.3 Å². The number of rotatable bonds is 27. The molecule has 3 fully saturated rings. The molecule has 2 aromatic carbocycles. The van der Waals surface area contributed by atoms with E-state index in [0.717, 1.165) is 43.4 Å². The molecule has 20 heteroatoms. The summed E-state index contributed by atoms with van der Waals surface area (Å²) in [4.78, 5) is 59.6. The van der Waals surface area contributed by atoms with Crippen molar-refractivity contribution in [1.29, 1.82) is 0 Å². The Morgan fingerprint density at radius 1 is 0.757 bits per heavy atom. The lowest BCUT2D eigenvalue weighted by Crippen LogP contribution is -2.53. The fourth-order valence-corrected chi connectivity index (χ4v) is 15.5. The summed E-state index contributed by atoms with van der Waals surface area (Å²) in [7, 11) is -4.31. The van der Waals surface area contributed by atoms with E-state index in [1.807, 2.05) is 0 Å². The zero-order chi connectivity index (χ0) is 53.2. The monoisotopic (exact) mass is 1050 g/mol. The molecule has 0 radical (unpaired) electrons. The largest absolute Gasteiger partial charge is 0.383 e. The van der Waals surface area contributed by atoms with Crippen LogP contribution < -0.4 is 21.3 Å². The van der Waals surface area contributed by atoms with Crippen LogP contribution in [-0.4, -0.2) is 89.4 Å². The third-order valence-electron chi connectivity index (χ3n) is 17.5. The standard InChI is InChI=1S/C54H79N9O10S/c1-36(2)13-11-14-37(3)41-20-21-42-40-19-18-38-35-39(24-28-53(38,4)43(40)25-29-54(41,42)5)61(74(71,72)47-16-9-8-15-45(47)62(67)68)34-12-31-56-49(65)26-33-58-50(66)27-32-57-48(64)17-7-6-10-30-55-44-22-23-46(63(69)70)52-51(44)59-73-60-52/h8-9,15-16,18,22-23,36-37,39-43,55H,6-7,10-14,17,19-21,24-35H2,1-5H3,(H,56,65)(H,57,64)(H,58,66)/t37-,39+,40+,41-,42+,43+,53+,54-/m1/s1. The van der Waals surface area contributed by atoms with E-state index in [1.54, 1.807) is 6.07 Å². The van der Waals surface area contributed by atoms with Gasteiger partial charge in [0, 0.05) is 70.2 Å². The summed E-state index contributed by atoms with van der Waals surface area (Å²) in [6, 6.07) is 8.03. The fraction of sp³-hybridized carbons (Fsp3) is 0.685. The first-order valence-electron chi connectivity index (χ1n) is 27.2. The van der Waals surface area contributed by atoms with Crippen molar-refractivity contribution in [3.8, 4) is 0 Å². The van der Waals surface area contributed by atoms with E-state index in [1.165, 1.54) is 85.2 Å². The molecular formula is C54H79N9O10S. The van der Waals surface area contributed by atoms with Crippen LogP contribution in [0.5, 0.6) is 0 Å². The van der Waals surface area contributed by atoms with Crippen LogP contribution in [0.4, 0.5) is 17.1 Å². The van der Waals surface area contributed by atoms with Gasteiger partial charge in [-0.1, -0.05) is 84.1 Å². The zero-order valence-corrected chi connectivity index (χ0v) is 44.9. The average molecular weight is 1050 g/mol. The number of nitrogens with one attached hydrogen (secondary N) is 4. The number of carbonyl (C=O) groups excluding carboxylic acids is 3. The average Bonchev–Trinajstić information content (AvgIpc) is 4.00. The highest BCUT2D eigenvalue weighted by molar-refractivity contribution is 7.89. The van der Waals surface area contributed by atoms with Gasteiger partial charge in [0.15, 0.2) is 10.4 Å². The molecule has 0 aliphatic heterocycles. The van der Waals surface area contributed by atoms with Crippen molar-refractivity contribution in [2.45, 2.75) is 161 Å². The van der Waals surface area contributed by atoms with Crippen LogP contribution in [0, 0.1) is 66.6 Å². The highest BCUT2D eigenvalue weighted by atomic mass is 32.2. The summed E-state index contributed by atoms with van der Waals surface area (Å²) in [5, 5.41) is 42.2. The van der Waals surface area contributed by atoms with Gasteiger partial charge < -0.3 is 21.3 Å². The first-order valence-corrected chi connectivity index (χ1v) is 28.7. The summed E-state index contributed by atoms with van der Waals surface area (Å²) in [5.41, 5.74) is 1.91. The molecule has 406 valence electrons. The number of non-ortho nitro benzene ring substituents is 1. The molecule has 8 atom stereocenters. The Kier molecular flexibility index (Phi) is 18.9. The number of nitrogens with zero attached hydrogens (tertiary/aromatic N) is 5. The number of hydrogen-bond acceptors (Lipinski definition) is 13. The Bertz CT molecular complexity index is 2620. The minimum Gasteiger partial charge on any atom is -0.383 e. The Balaban J connectivity index is 0.842. The van der Waals surface area contributed by atoms with Crippen LogP contribution in [0.15, 0.2) is 57.6 Å². The molecule has 3 saturated carbocycles. The van der Waals surface area contributed by atoms with Crippen molar-refractivity contribution < 1.29 is 37.3 Å². The number of fused-ring (bicyclic) bond motifs is 6. The Hall–Kier alpha value is -5.50. The number of aromatic nitrogens is 2. The molecule has 74 heavy (non-hydrogen) atoms. The molecule has 1 heterocycles. The molecular weight excluding hydrogens is 967 g/mol. The minimum atomic E-state index is -4.31. The van der Waals surface area contributed by atoms with Crippen LogP contribution in [-0.2, 0) is 24.4 Å². The number of anilines is 1. The smallest absolute Gasteiger partial charge is 0.300 e. The number of nitro groups is 2. The van der Waals surface area contributed by atoms with Crippen molar-refractivity contribution >= 4 is 55.8 Å². The van der Waals surface area contributed by atoms with Gasteiger partial charge in [-0.05, 0) is 139 Å². The third-order valence-corrected chi connectivity index (χ3v) is 19.5. The van der Waals surface area contributed by atoms with Crippen LogP contribution in [0.1, 0.15) is 150 Å². The van der Waals surface area contributed by atoms with E-state index in [-0.39, 0.29) is 103 Å². The molecule has 3 aromatic rings. The van der Waals surface area contributed by atoms with Crippen LogP contribution in [0.3, 0.4) is 0 Å². The molecule has 0 bridgehead atoms. The van der Waals surface area contributed by atoms with Gasteiger partial charge in [-0.15, -0.1) is 0 Å². The number of nitro benzene ring substituents is 2. The van der Waals surface area contributed by atoms with Crippen LogP contribution in [0.25, 0.3) is 11.0 Å². The Morgan fingerprint density at radius 3 is 2.16 bits per heavy atom. The van der Waals surface area contributed by atoms with Gasteiger partial charge in [-0.25, -0.2) is 13.0 Å². The van der Waals surface area contributed by atoms with Crippen LogP contribution >= 0.6 is 0 Å². The lowest BCUT2D eigenvalue weighted by atomic mass is 9.47. The second-order valence-electron chi connectivity index (χ2n) is 22.5. The van der Waals surface area contributed by atoms with Crippen molar-refractivity contribution in [2.75, 3.05) is 38.0 Å². The molecule has 4 aliphatic carbocycles. The van der Waals surface area contributed by atoms with E-state index in [0.29, 0.717) is 54.7 Å². The lowest BCUT2D eigenvalue weighted by Gasteiger charge is -2.59. The number of allylic oxidation sites excluding steroid dienone is 1. The molecule has 1 aromatic heterocycles. The summed E-state index contributed by atoms with van der Waals surface area (Å²) in [5.74, 6) is 3.29. The minimum absolute atomic E-state index is 0.00520. The van der Waals surface area contributed by atoms with Crippen molar-refractivity contribution in [3.63, 3.8) is 0 Å². The van der Waals surface area contributed by atoms with E-state index in [4.69, 9.17) is 0 Å². The van der Waals surface area contributed by atoms with Crippen LogP contribution in [0.2, 0.25) is 0 Å². The number of benzene rings is 2. The normalized spacial score (nSPS) is 24.9. The summed E-state index contributed by atoms with van der Waals surface area (Å²) < 4.78 is 35.4. The van der Waals surface area contributed by atoms with E-state index in [2.05, 4.69) is 76.9 Å². The molecule has 0 saturated heterocycles. The molecule has 3 amide bonds. The number of para-hydroxylation sites is 1. The number of hydrogen-bond donors (Lipinski definition) is 4. The fourth-order valence-electron chi connectivity index (χ4n) is 13.7. The molecule has 0 spiro atoms. The van der Waals surface area contributed by atoms with Crippen molar-refractivity contribution in [1.82, 2.24) is 30.6 Å². The maximum atomic E-state index is 14.6. The van der Waals surface area contributed by atoms with Gasteiger partial charge in [-0.3, -0.25) is 34.6 Å². The van der Waals surface area contributed by atoms with E-state index < -0.39 is 25.6 Å². The first kappa shape index (κ1) is 56.2. The summed E-state index contributed by atoms with van der Waals surface area (Å²) >= 11 is 0. The van der Waals surface area contributed by atoms with Gasteiger partial charge in [0.25, 0.3) is 5.69 Å². The Morgan fingerprint density at radius 2 is 1.45 bits per heavy atom. The predicted molar refractivity (Wildman–Crippen MR) is 282 cm³/mol. The molecule has 0 unspecified atom stereocenters. The van der Waals surface area contributed by atoms with Crippen molar-refractivity contribution in [2.24, 2.45) is 46.3 Å². The van der Waals surface area contributed by atoms with Gasteiger partial charge >= 0.3 is 5.69 Å². The topological polar surface area (TPSA) is 262 Å². The molecule has 7 rings (SSSR count). The predicted octanol–water partition coefficient (Wildman–Crippen LogP) is 9.63. The van der Waals surface area contributed by atoms with Gasteiger partial charge in [0.05, 0.1) is 15.5 Å². The van der Waals surface area contributed by atoms with E-state index in [9.17, 15) is 43.0 Å². The summed E-state index contributed by atoms with van der Waals surface area (Å²) in [6.07, 6.45) is 17.2. The lowest BCUT2D eigenvalue weighted by molar-refractivity contribution is -0.387. The first-order chi connectivity index (χ1) is 35.3. The van der Waals surface area contributed by atoms with Gasteiger partial charge in [0.1, 0.15) is 0 Å². The highest BCUT2D eigenvalue weighted by Crippen LogP contribution is 2.67. The SMILES string of the molecule is CC(C)CCC[C@@H](C)[C@H]1CC[C@H]2[C@@H]3CC=C4C[C@@H](N(CCCNC(=O)CCNC(=O)CCNC(=O)CCCCCNc5ccc([N+](=O)[O-])c6nonc56)S(=O)(=O)c5ccccc5[N+](=O)[O-])CC[C@]4(C)[C@H]3CC[C@]12C. The number of amides is 3. The second kappa shape index (κ2) is 24.9. The summed E-state index contributed by atoms with van der Waals surface area (Å²) in [6.45, 7) is 13.2. The Labute approximate surface area is 435 Å². The number of unbranched alkanes of at least 4 members (excludes halogenated alkanes) is 2.